The number of pyridine rings is 1. The van der Waals surface area contributed by atoms with Gasteiger partial charge in [-0.05, 0) is 25.5 Å². The number of aliphatic hydroxyl groups is 1. The van der Waals surface area contributed by atoms with E-state index in [2.05, 4.69) is 20.4 Å². The van der Waals surface area contributed by atoms with Crippen molar-refractivity contribution < 1.29 is 27.8 Å². The fourth-order valence-corrected chi connectivity index (χ4v) is 1.34. The van der Waals surface area contributed by atoms with Gasteiger partial charge in [-0.3, -0.25) is 0 Å². The van der Waals surface area contributed by atoms with Crippen molar-refractivity contribution in [2.45, 2.75) is 32.2 Å². The molecule has 1 aromatic rings. The molecule has 0 spiro atoms. The van der Waals surface area contributed by atoms with Crippen LogP contribution in [-0.2, 0) is 6.54 Å². The van der Waals surface area contributed by atoms with Crippen molar-refractivity contribution in [1.29, 1.82) is 0 Å². The summed E-state index contributed by atoms with van der Waals surface area (Å²) in [5.74, 6) is -0.173. The van der Waals surface area contributed by atoms with Crippen molar-refractivity contribution in [3.63, 3.8) is 0 Å². The van der Waals surface area contributed by atoms with E-state index in [1.54, 1.807) is 13.8 Å². The van der Waals surface area contributed by atoms with Crippen LogP contribution in [0.4, 0.5) is 18.0 Å². The molecule has 22 heavy (non-hydrogen) atoms. The third-order valence-corrected chi connectivity index (χ3v) is 2.32. The monoisotopic (exact) mass is 321 g/mol. The molecule has 1 heterocycles. The average molecular weight is 321 g/mol. The zero-order valence-corrected chi connectivity index (χ0v) is 12.2. The third kappa shape index (κ3) is 8.30. The number of amides is 2. The quantitative estimate of drug-likeness (QED) is 0.743. The molecular weight excluding hydrogens is 303 g/mol. The highest BCUT2D eigenvalue weighted by Gasteiger charge is 2.28. The molecule has 0 saturated heterocycles. The average Bonchev–Trinajstić information content (AvgIpc) is 2.39. The first-order chi connectivity index (χ1) is 10.1. The molecule has 0 unspecified atom stereocenters. The second-order valence-corrected chi connectivity index (χ2v) is 5.25. The van der Waals surface area contributed by atoms with Gasteiger partial charge in [-0.1, -0.05) is 0 Å². The highest BCUT2D eigenvalue weighted by Crippen LogP contribution is 2.17. The van der Waals surface area contributed by atoms with Gasteiger partial charge in [-0.15, -0.1) is 0 Å². The lowest BCUT2D eigenvalue weighted by Gasteiger charge is -2.17. The zero-order valence-electron chi connectivity index (χ0n) is 12.2. The van der Waals surface area contributed by atoms with E-state index in [0.717, 1.165) is 0 Å². The van der Waals surface area contributed by atoms with Gasteiger partial charge in [0.25, 0.3) is 0 Å². The standard InChI is InChI=1S/C13H18F3N3O3/c1-12(2,21)7-19-11(20)18-6-9-3-4-17-10(5-9)22-8-13(14,15)16/h3-5,21H,6-8H2,1-2H3,(H2,18,19,20). The molecule has 0 aliphatic heterocycles. The normalized spacial score (nSPS) is 11.9. The Morgan fingerprint density at radius 3 is 2.64 bits per heavy atom. The largest absolute Gasteiger partial charge is 0.468 e. The summed E-state index contributed by atoms with van der Waals surface area (Å²) in [5, 5.41) is 14.4. The second kappa shape index (κ2) is 7.30. The molecule has 2 amide bonds. The van der Waals surface area contributed by atoms with Gasteiger partial charge in [0.1, 0.15) is 0 Å². The summed E-state index contributed by atoms with van der Waals surface area (Å²) in [6.45, 7) is 1.81. The minimum absolute atomic E-state index is 0.0646. The van der Waals surface area contributed by atoms with E-state index < -0.39 is 24.4 Å². The molecule has 124 valence electrons. The Bertz CT molecular complexity index is 501. The molecule has 0 aliphatic rings. The molecule has 1 rings (SSSR count). The van der Waals surface area contributed by atoms with Crippen molar-refractivity contribution in [2.75, 3.05) is 13.2 Å². The lowest BCUT2D eigenvalue weighted by Crippen LogP contribution is -2.43. The minimum Gasteiger partial charge on any atom is -0.468 e. The fourth-order valence-electron chi connectivity index (χ4n) is 1.34. The maximum absolute atomic E-state index is 12.0. The summed E-state index contributed by atoms with van der Waals surface area (Å²) < 4.78 is 40.6. The molecular formula is C13H18F3N3O3. The Kier molecular flexibility index (Phi) is 5.98. The number of urea groups is 1. The van der Waals surface area contributed by atoms with Crippen molar-refractivity contribution >= 4 is 6.03 Å². The Morgan fingerprint density at radius 2 is 2.05 bits per heavy atom. The summed E-state index contributed by atoms with van der Waals surface area (Å²) in [4.78, 5) is 15.1. The molecule has 0 fully saturated rings. The smallest absolute Gasteiger partial charge is 0.422 e. The SMILES string of the molecule is CC(C)(O)CNC(=O)NCc1ccnc(OCC(F)(F)F)c1. The summed E-state index contributed by atoms with van der Waals surface area (Å²) in [5.41, 5.74) is -0.502. The first kappa shape index (κ1) is 18.0. The van der Waals surface area contributed by atoms with Gasteiger partial charge in [-0.2, -0.15) is 13.2 Å². The maximum Gasteiger partial charge on any atom is 0.422 e. The number of aromatic nitrogens is 1. The number of ether oxygens (including phenoxy) is 1. The lowest BCUT2D eigenvalue weighted by molar-refractivity contribution is -0.154. The first-order valence-electron chi connectivity index (χ1n) is 6.44. The number of alkyl halides is 3. The molecule has 0 aliphatic carbocycles. The molecule has 0 saturated carbocycles. The van der Waals surface area contributed by atoms with Gasteiger partial charge < -0.3 is 20.5 Å². The summed E-state index contributed by atoms with van der Waals surface area (Å²) in [6, 6.07) is 2.34. The number of hydrogen-bond donors (Lipinski definition) is 3. The van der Waals surface area contributed by atoms with E-state index in [-0.39, 0.29) is 19.0 Å². The summed E-state index contributed by atoms with van der Waals surface area (Å²) in [7, 11) is 0. The number of nitrogens with one attached hydrogen (secondary N) is 2. The first-order valence-corrected chi connectivity index (χ1v) is 6.44. The van der Waals surface area contributed by atoms with Crippen molar-refractivity contribution in [3.8, 4) is 5.88 Å². The number of rotatable bonds is 6. The molecule has 9 heteroatoms. The fraction of sp³-hybridized carbons (Fsp3) is 0.538. The topological polar surface area (TPSA) is 83.5 Å². The highest BCUT2D eigenvalue weighted by molar-refractivity contribution is 5.73. The molecule has 0 bridgehead atoms. The van der Waals surface area contributed by atoms with Crippen LogP contribution in [0.5, 0.6) is 5.88 Å². The van der Waals surface area contributed by atoms with Crippen LogP contribution in [0.15, 0.2) is 18.3 Å². The van der Waals surface area contributed by atoms with Crippen LogP contribution in [0.3, 0.4) is 0 Å². The third-order valence-electron chi connectivity index (χ3n) is 2.32. The lowest BCUT2D eigenvalue weighted by atomic mass is 10.1. The van der Waals surface area contributed by atoms with Crippen LogP contribution >= 0.6 is 0 Å². The number of hydrogen-bond acceptors (Lipinski definition) is 4. The maximum atomic E-state index is 12.0. The molecule has 3 N–H and O–H groups in total. The van der Waals surface area contributed by atoms with Crippen LogP contribution in [0.1, 0.15) is 19.4 Å². The Labute approximate surface area is 125 Å². The second-order valence-electron chi connectivity index (χ2n) is 5.25. The zero-order chi connectivity index (χ0) is 16.8. The Morgan fingerprint density at radius 1 is 1.36 bits per heavy atom. The van der Waals surface area contributed by atoms with E-state index in [0.29, 0.717) is 5.56 Å². The van der Waals surface area contributed by atoms with E-state index in [4.69, 9.17) is 0 Å². The number of carbonyl (C=O) groups is 1. The van der Waals surface area contributed by atoms with Gasteiger partial charge in [0.05, 0.1) is 5.60 Å². The Balaban J connectivity index is 2.44. The van der Waals surface area contributed by atoms with E-state index in [9.17, 15) is 23.1 Å². The number of halogens is 3. The molecule has 0 atom stereocenters. The van der Waals surface area contributed by atoms with Crippen LogP contribution < -0.4 is 15.4 Å². The predicted molar refractivity (Wildman–Crippen MR) is 72.3 cm³/mol. The van der Waals surface area contributed by atoms with Gasteiger partial charge >= 0.3 is 12.2 Å². The number of carbonyl (C=O) groups excluding carboxylic acids is 1. The molecule has 1 aromatic heterocycles. The Hall–Kier alpha value is -2.03. The van der Waals surface area contributed by atoms with Crippen LogP contribution in [0.25, 0.3) is 0 Å². The van der Waals surface area contributed by atoms with Crippen LogP contribution in [-0.4, -0.2) is 41.1 Å². The van der Waals surface area contributed by atoms with E-state index >= 15 is 0 Å². The molecule has 6 nitrogen and oxygen atoms in total. The van der Waals surface area contributed by atoms with Crippen molar-refractivity contribution in [2.24, 2.45) is 0 Å². The van der Waals surface area contributed by atoms with E-state index in [1.807, 2.05) is 0 Å². The van der Waals surface area contributed by atoms with Crippen LogP contribution in [0.2, 0.25) is 0 Å². The van der Waals surface area contributed by atoms with Gasteiger partial charge in [0.2, 0.25) is 5.88 Å². The summed E-state index contributed by atoms with van der Waals surface area (Å²) >= 11 is 0. The van der Waals surface area contributed by atoms with Crippen LogP contribution in [0, 0.1) is 0 Å². The van der Waals surface area contributed by atoms with Gasteiger partial charge in [-0.25, -0.2) is 9.78 Å². The van der Waals surface area contributed by atoms with Crippen molar-refractivity contribution in [3.05, 3.63) is 23.9 Å². The predicted octanol–water partition coefficient (Wildman–Crippen LogP) is 1.59. The van der Waals surface area contributed by atoms with Crippen molar-refractivity contribution in [1.82, 2.24) is 15.6 Å². The van der Waals surface area contributed by atoms with Gasteiger partial charge in [0, 0.05) is 25.4 Å². The highest BCUT2D eigenvalue weighted by atomic mass is 19.4. The molecule has 0 radical (unpaired) electrons. The van der Waals surface area contributed by atoms with Gasteiger partial charge in [0.15, 0.2) is 6.61 Å². The minimum atomic E-state index is -4.44. The summed E-state index contributed by atoms with van der Waals surface area (Å²) in [6.07, 6.45) is -3.15. The number of nitrogens with zero attached hydrogens (tertiary/aromatic N) is 1. The van der Waals surface area contributed by atoms with E-state index in [1.165, 1.54) is 18.3 Å². The molecule has 0 aromatic carbocycles.